The summed E-state index contributed by atoms with van der Waals surface area (Å²) in [6, 6.07) is 1.95. The number of aromatic amines is 1. The number of rotatable bonds is 4. The average molecular weight is 218 g/mol. The first-order valence-electron chi connectivity index (χ1n) is 3.21. The predicted molar refractivity (Wildman–Crippen MR) is 44.2 cm³/mol. The molecule has 4 heteroatoms. The molecule has 0 amide bonds. The Bertz CT molecular complexity index is 234. The van der Waals surface area contributed by atoms with Gasteiger partial charge in [-0.15, -0.1) is 0 Å². The van der Waals surface area contributed by atoms with Gasteiger partial charge in [0.15, 0.2) is 0 Å². The zero-order chi connectivity index (χ0) is 8.10. The molecule has 1 aromatic rings. The van der Waals surface area contributed by atoms with Gasteiger partial charge in [-0.25, -0.2) is 0 Å². The van der Waals surface area contributed by atoms with Crippen molar-refractivity contribution in [2.45, 2.75) is 6.42 Å². The lowest BCUT2D eigenvalue weighted by Gasteiger charge is -1.93. The van der Waals surface area contributed by atoms with Crippen LogP contribution in [0.5, 0.6) is 0 Å². The Morgan fingerprint density at radius 3 is 3.09 bits per heavy atom. The molecule has 0 spiro atoms. The van der Waals surface area contributed by atoms with E-state index in [4.69, 9.17) is 0 Å². The molecule has 0 aliphatic carbocycles. The third-order valence-electron chi connectivity index (χ3n) is 1.28. The van der Waals surface area contributed by atoms with E-state index in [9.17, 15) is 4.79 Å². The topological polar surface area (TPSA) is 42.1 Å². The van der Waals surface area contributed by atoms with E-state index in [1.165, 1.54) is 0 Å². The van der Waals surface area contributed by atoms with Crippen LogP contribution < -0.4 is 0 Å². The molecule has 1 heterocycles. The Labute approximate surface area is 72.9 Å². The Hall–Kier alpha value is -0.770. The summed E-state index contributed by atoms with van der Waals surface area (Å²) in [5.41, 5.74) is 1.12. The molecule has 0 saturated heterocycles. The lowest BCUT2D eigenvalue weighted by molar-refractivity contribution is -0.128. The van der Waals surface area contributed by atoms with Crippen LogP contribution in [0.25, 0.3) is 0 Å². The van der Waals surface area contributed by atoms with Crippen LogP contribution in [0.2, 0.25) is 0 Å². The van der Waals surface area contributed by atoms with Gasteiger partial charge in [0.25, 0.3) is 6.47 Å². The van der Waals surface area contributed by atoms with Crippen molar-refractivity contribution in [3.8, 4) is 0 Å². The maximum absolute atomic E-state index is 9.76. The number of H-pyrrole nitrogens is 1. The van der Waals surface area contributed by atoms with E-state index in [0.29, 0.717) is 13.1 Å². The molecular formula is C7H8BrNO2. The highest BCUT2D eigenvalue weighted by Crippen LogP contribution is 2.09. The van der Waals surface area contributed by atoms with Crippen LogP contribution in [0.1, 0.15) is 5.56 Å². The van der Waals surface area contributed by atoms with E-state index in [2.05, 4.69) is 25.7 Å². The average Bonchev–Trinajstić information content (AvgIpc) is 2.37. The molecule has 0 fully saturated rings. The first-order valence-corrected chi connectivity index (χ1v) is 4.00. The summed E-state index contributed by atoms with van der Waals surface area (Å²) in [5, 5.41) is 0. The molecule has 0 unspecified atom stereocenters. The summed E-state index contributed by atoms with van der Waals surface area (Å²) in [5.74, 6) is 0. The maximum atomic E-state index is 9.76. The first kappa shape index (κ1) is 8.33. The van der Waals surface area contributed by atoms with Gasteiger partial charge in [0.1, 0.15) is 0 Å². The SMILES string of the molecule is O=COCCc1c[nH]c(Br)c1. The van der Waals surface area contributed by atoms with Crippen LogP contribution in [-0.4, -0.2) is 18.1 Å². The van der Waals surface area contributed by atoms with Gasteiger partial charge in [0.05, 0.1) is 11.2 Å². The lowest BCUT2D eigenvalue weighted by Crippen LogP contribution is -1.94. The second-order valence-corrected chi connectivity index (χ2v) is 2.93. The van der Waals surface area contributed by atoms with Gasteiger partial charge in [-0.05, 0) is 27.6 Å². The van der Waals surface area contributed by atoms with Crippen molar-refractivity contribution < 1.29 is 9.53 Å². The molecule has 0 aliphatic rings. The number of carbonyl (C=O) groups excluding carboxylic acids is 1. The van der Waals surface area contributed by atoms with Crippen molar-refractivity contribution in [3.63, 3.8) is 0 Å². The van der Waals surface area contributed by atoms with E-state index < -0.39 is 0 Å². The van der Waals surface area contributed by atoms with Crippen molar-refractivity contribution >= 4 is 22.4 Å². The molecule has 0 saturated carbocycles. The van der Waals surface area contributed by atoms with Crippen molar-refractivity contribution in [2.24, 2.45) is 0 Å². The minimum Gasteiger partial charge on any atom is -0.468 e. The van der Waals surface area contributed by atoms with Crippen LogP contribution in [0.15, 0.2) is 16.9 Å². The Morgan fingerprint density at radius 1 is 1.73 bits per heavy atom. The van der Waals surface area contributed by atoms with Gasteiger partial charge in [-0.1, -0.05) is 0 Å². The monoisotopic (exact) mass is 217 g/mol. The second kappa shape index (κ2) is 4.18. The largest absolute Gasteiger partial charge is 0.468 e. The number of aromatic nitrogens is 1. The van der Waals surface area contributed by atoms with E-state index >= 15 is 0 Å². The Kier molecular flexibility index (Phi) is 3.16. The smallest absolute Gasteiger partial charge is 0.293 e. The fourth-order valence-electron chi connectivity index (χ4n) is 0.777. The number of hydrogen-bond donors (Lipinski definition) is 1. The Morgan fingerprint density at radius 2 is 2.55 bits per heavy atom. The lowest BCUT2D eigenvalue weighted by atomic mass is 10.3. The fourth-order valence-corrected chi connectivity index (χ4v) is 1.19. The minimum absolute atomic E-state index is 0.438. The van der Waals surface area contributed by atoms with Crippen LogP contribution in [0.4, 0.5) is 0 Å². The Balaban J connectivity index is 2.32. The summed E-state index contributed by atoms with van der Waals surface area (Å²) in [4.78, 5) is 12.7. The van der Waals surface area contributed by atoms with E-state index in [-0.39, 0.29) is 0 Å². The second-order valence-electron chi connectivity index (χ2n) is 2.07. The molecule has 1 rings (SSSR count). The number of carbonyl (C=O) groups is 1. The maximum Gasteiger partial charge on any atom is 0.293 e. The quantitative estimate of drug-likeness (QED) is 0.614. The molecule has 60 valence electrons. The number of nitrogens with one attached hydrogen (secondary N) is 1. The molecule has 1 aromatic heterocycles. The molecule has 3 nitrogen and oxygen atoms in total. The number of halogens is 1. The zero-order valence-electron chi connectivity index (χ0n) is 5.84. The highest BCUT2D eigenvalue weighted by Gasteiger charge is 1.95. The molecule has 0 aliphatic heterocycles. The predicted octanol–water partition coefficient (Wildman–Crippen LogP) is 1.49. The summed E-state index contributed by atoms with van der Waals surface area (Å²) < 4.78 is 5.48. The fraction of sp³-hybridized carbons (Fsp3) is 0.286. The van der Waals surface area contributed by atoms with Gasteiger partial charge < -0.3 is 9.72 Å². The van der Waals surface area contributed by atoms with E-state index in [0.717, 1.165) is 16.6 Å². The minimum atomic E-state index is 0.438. The molecule has 0 radical (unpaired) electrons. The third-order valence-corrected chi connectivity index (χ3v) is 1.74. The van der Waals surface area contributed by atoms with Gasteiger partial charge in [-0.2, -0.15) is 0 Å². The van der Waals surface area contributed by atoms with Crippen LogP contribution in [-0.2, 0) is 16.0 Å². The van der Waals surface area contributed by atoms with Crippen molar-refractivity contribution in [2.75, 3.05) is 6.61 Å². The van der Waals surface area contributed by atoms with Gasteiger partial charge in [0, 0.05) is 12.6 Å². The zero-order valence-corrected chi connectivity index (χ0v) is 7.43. The normalized spacial score (nSPS) is 9.55. The number of ether oxygens (including phenoxy) is 1. The molecule has 0 aromatic carbocycles. The highest BCUT2D eigenvalue weighted by atomic mass is 79.9. The summed E-state index contributed by atoms with van der Waals surface area (Å²) in [7, 11) is 0. The first-order chi connectivity index (χ1) is 5.33. The van der Waals surface area contributed by atoms with Crippen LogP contribution >= 0.6 is 15.9 Å². The van der Waals surface area contributed by atoms with Crippen molar-refractivity contribution in [3.05, 3.63) is 22.4 Å². The van der Waals surface area contributed by atoms with E-state index in [1.54, 1.807) is 0 Å². The highest BCUT2D eigenvalue weighted by molar-refractivity contribution is 9.10. The number of hydrogen-bond acceptors (Lipinski definition) is 2. The molecular weight excluding hydrogens is 210 g/mol. The van der Waals surface area contributed by atoms with Gasteiger partial charge in [-0.3, -0.25) is 4.79 Å². The molecule has 0 atom stereocenters. The summed E-state index contributed by atoms with van der Waals surface area (Å²) >= 11 is 3.28. The van der Waals surface area contributed by atoms with E-state index in [1.807, 2.05) is 12.3 Å². The van der Waals surface area contributed by atoms with Crippen molar-refractivity contribution in [1.29, 1.82) is 0 Å². The molecule has 11 heavy (non-hydrogen) atoms. The standard InChI is InChI=1S/C7H8BrNO2/c8-7-3-6(4-9-7)1-2-11-5-10/h3-5,9H,1-2H2. The van der Waals surface area contributed by atoms with Gasteiger partial charge >= 0.3 is 0 Å². The molecule has 0 bridgehead atoms. The van der Waals surface area contributed by atoms with Gasteiger partial charge in [0.2, 0.25) is 0 Å². The van der Waals surface area contributed by atoms with Crippen LogP contribution in [0, 0.1) is 0 Å². The third kappa shape index (κ3) is 2.76. The van der Waals surface area contributed by atoms with Crippen molar-refractivity contribution in [1.82, 2.24) is 4.98 Å². The molecule has 1 N–H and O–H groups in total. The summed E-state index contributed by atoms with van der Waals surface area (Å²) in [6.45, 7) is 0.898. The van der Waals surface area contributed by atoms with Crippen LogP contribution in [0.3, 0.4) is 0 Å². The summed E-state index contributed by atoms with van der Waals surface area (Å²) in [6.07, 6.45) is 2.62.